The third-order valence-electron chi connectivity index (χ3n) is 5.57. The molecule has 1 fully saturated rings. The van der Waals surface area contributed by atoms with Crippen LogP contribution in [0.1, 0.15) is 61.6 Å². The first kappa shape index (κ1) is 23.0. The minimum absolute atomic E-state index is 0.0155. The highest BCUT2D eigenvalue weighted by atomic mass is 19.1. The van der Waals surface area contributed by atoms with E-state index in [1.807, 2.05) is 39.0 Å². The summed E-state index contributed by atoms with van der Waals surface area (Å²) < 4.78 is 25.6. The smallest absolute Gasteiger partial charge is 0.410 e. The van der Waals surface area contributed by atoms with Gasteiger partial charge in [0.25, 0.3) is 0 Å². The number of halogens is 1. The lowest BCUT2D eigenvalue weighted by Crippen LogP contribution is -2.39. The normalized spacial score (nSPS) is 16.2. The van der Waals surface area contributed by atoms with Crippen molar-refractivity contribution < 1.29 is 23.5 Å². The summed E-state index contributed by atoms with van der Waals surface area (Å²) in [5.74, 6) is 0.0147. The number of rotatable bonds is 6. The van der Waals surface area contributed by atoms with Crippen molar-refractivity contribution in [3.63, 3.8) is 0 Å². The number of ether oxygens (including phenoxy) is 2. The van der Waals surface area contributed by atoms with Crippen molar-refractivity contribution in [1.29, 1.82) is 0 Å². The Balaban J connectivity index is 1.37. The number of hydrogen-bond acceptors (Lipinski definition) is 5. The number of nitrogens with zero attached hydrogens (tertiary/aromatic N) is 2. The van der Waals surface area contributed by atoms with E-state index >= 15 is 0 Å². The summed E-state index contributed by atoms with van der Waals surface area (Å²) in [7, 11) is 0. The molecule has 0 bridgehead atoms. The van der Waals surface area contributed by atoms with E-state index in [-0.39, 0.29) is 24.4 Å². The van der Waals surface area contributed by atoms with E-state index in [1.165, 1.54) is 6.07 Å². The highest BCUT2D eigenvalue weighted by Crippen LogP contribution is 2.33. The molecule has 1 aromatic heterocycles. The van der Waals surface area contributed by atoms with Gasteiger partial charge in [-0.25, -0.2) is 14.2 Å². The fourth-order valence-electron chi connectivity index (χ4n) is 3.62. The molecule has 1 aliphatic heterocycles. The summed E-state index contributed by atoms with van der Waals surface area (Å²) in [5.41, 5.74) is 2.06. The molecule has 2 heterocycles. The lowest BCUT2D eigenvalue weighted by atomic mass is 10.0. The summed E-state index contributed by atoms with van der Waals surface area (Å²) in [6.07, 6.45) is 4.08. The van der Waals surface area contributed by atoms with Crippen LogP contribution in [0.5, 0.6) is 5.88 Å². The molecule has 0 spiro atoms. The summed E-state index contributed by atoms with van der Waals surface area (Å²) >= 11 is 0. The van der Waals surface area contributed by atoms with Gasteiger partial charge in [-0.3, -0.25) is 4.79 Å². The molecule has 4 rings (SSSR count). The maximum Gasteiger partial charge on any atom is 0.410 e. The molecule has 33 heavy (non-hydrogen) atoms. The van der Waals surface area contributed by atoms with Crippen molar-refractivity contribution in [3.05, 3.63) is 65.1 Å². The van der Waals surface area contributed by atoms with Gasteiger partial charge in [0.1, 0.15) is 18.0 Å². The lowest BCUT2D eigenvalue weighted by Gasteiger charge is -2.29. The van der Waals surface area contributed by atoms with Crippen molar-refractivity contribution in [3.8, 4) is 5.88 Å². The third kappa shape index (κ3) is 5.97. The molecule has 2 aromatic rings. The minimum Gasteiger partial charge on any atom is -0.473 e. The number of Topliss-reactive ketones (excluding diaryl/α,β-unsaturated/α-hetero) is 1. The Bertz CT molecular complexity index is 1090. The van der Waals surface area contributed by atoms with Crippen molar-refractivity contribution >= 4 is 17.4 Å². The minimum atomic E-state index is -0.527. The van der Waals surface area contributed by atoms with Crippen LogP contribution in [-0.2, 0) is 11.3 Å². The predicted molar refractivity (Wildman–Crippen MR) is 122 cm³/mol. The molecular formula is C26H29FN2O4. The molecule has 0 saturated heterocycles. The van der Waals surface area contributed by atoms with E-state index in [0.717, 1.165) is 24.1 Å². The molecule has 0 radical (unpaired) electrons. The lowest BCUT2D eigenvalue weighted by molar-refractivity contribution is 0.0270. The van der Waals surface area contributed by atoms with Crippen molar-refractivity contribution in [2.24, 2.45) is 5.92 Å². The van der Waals surface area contributed by atoms with Gasteiger partial charge < -0.3 is 14.4 Å². The Kier molecular flexibility index (Phi) is 6.49. The van der Waals surface area contributed by atoms with Gasteiger partial charge in [0, 0.05) is 36.2 Å². The zero-order valence-corrected chi connectivity index (χ0v) is 19.3. The molecule has 7 heteroatoms. The average Bonchev–Trinajstić information content (AvgIpc) is 3.62. The van der Waals surface area contributed by atoms with Crippen molar-refractivity contribution in [2.45, 2.75) is 52.2 Å². The van der Waals surface area contributed by atoms with Crippen LogP contribution in [0.4, 0.5) is 9.18 Å². The van der Waals surface area contributed by atoms with Crippen LogP contribution in [0, 0.1) is 11.7 Å². The summed E-state index contributed by atoms with van der Waals surface area (Å²) in [5, 5.41) is 0. The Hall–Kier alpha value is -3.22. The average molecular weight is 453 g/mol. The third-order valence-corrected chi connectivity index (χ3v) is 5.57. The second kappa shape index (κ2) is 9.33. The van der Waals surface area contributed by atoms with Crippen molar-refractivity contribution in [2.75, 3.05) is 13.1 Å². The number of benzene rings is 1. The largest absolute Gasteiger partial charge is 0.473 e. The number of ketones is 1. The highest BCUT2D eigenvalue weighted by Gasteiger charge is 2.30. The van der Waals surface area contributed by atoms with Crippen LogP contribution in [0.15, 0.2) is 42.5 Å². The van der Waals surface area contributed by atoms with Crippen LogP contribution in [0.2, 0.25) is 0 Å². The van der Waals surface area contributed by atoms with Crippen LogP contribution in [0.3, 0.4) is 0 Å². The van der Waals surface area contributed by atoms with Gasteiger partial charge in [0.2, 0.25) is 5.88 Å². The Morgan fingerprint density at radius 3 is 2.61 bits per heavy atom. The molecule has 6 nitrogen and oxygen atoms in total. The molecule has 0 N–H and O–H groups in total. The zero-order valence-electron chi connectivity index (χ0n) is 19.3. The quantitative estimate of drug-likeness (QED) is 0.548. The Morgan fingerprint density at radius 2 is 1.97 bits per heavy atom. The summed E-state index contributed by atoms with van der Waals surface area (Å²) in [4.78, 5) is 30.6. The molecule has 174 valence electrons. The monoisotopic (exact) mass is 452 g/mol. The first-order valence-corrected chi connectivity index (χ1v) is 11.3. The number of carbonyl (C=O) groups excluding carboxylic acids is 2. The molecule has 0 atom stereocenters. The van der Waals surface area contributed by atoms with Crippen LogP contribution >= 0.6 is 0 Å². The van der Waals surface area contributed by atoms with E-state index < -0.39 is 11.4 Å². The van der Waals surface area contributed by atoms with E-state index in [9.17, 15) is 14.0 Å². The van der Waals surface area contributed by atoms with Gasteiger partial charge in [0.05, 0.1) is 5.69 Å². The fourth-order valence-corrected chi connectivity index (χ4v) is 3.62. The number of aromatic nitrogens is 1. The molecule has 1 aromatic carbocycles. The van der Waals surface area contributed by atoms with E-state index in [2.05, 4.69) is 4.98 Å². The van der Waals surface area contributed by atoms with Gasteiger partial charge in [-0.15, -0.1) is 0 Å². The van der Waals surface area contributed by atoms with E-state index in [0.29, 0.717) is 36.5 Å². The first-order chi connectivity index (χ1) is 15.7. The molecule has 2 aliphatic rings. The van der Waals surface area contributed by atoms with E-state index in [4.69, 9.17) is 9.47 Å². The Labute approximate surface area is 193 Å². The van der Waals surface area contributed by atoms with Gasteiger partial charge >= 0.3 is 6.09 Å². The number of hydrogen-bond donors (Lipinski definition) is 0. The fraction of sp³-hybridized carbons (Fsp3) is 0.423. The number of amides is 1. The molecular weight excluding hydrogens is 423 g/mol. The molecule has 1 saturated carbocycles. The number of carbonyl (C=O) groups is 2. The maximum absolute atomic E-state index is 14.5. The topological polar surface area (TPSA) is 68.7 Å². The second-order valence-corrected chi connectivity index (χ2v) is 9.50. The van der Waals surface area contributed by atoms with Crippen LogP contribution in [-0.4, -0.2) is 40.5 Å². The Morgan fingerprint density at radius 1 is 1.18 bits per heavy atom. The maximum atomic E-state index is 14.5. The van der Waals surface area contributed by atoms with Gasteiger partial charge in [-0.1, -0.05) is 24.3 Å². The van der Waals surface area contributed by atoms with Gasteiger partial charge in [0.15, 0.2) is 5.78 Å². The first-order valence-electron chi connectivity index (χ1n) is 11.3. The van der Waals surface area contributed by atoms with Gasteiger partial charge in [-0.2, -0.15) is 0 Å². The van der Waals surface area contributed by atoms with Crippen molar-refractivity contribution in [1.82, 2.24) is 9.88 Å². The summed E-state index contributed by atoms with van der Waals surface area (Å²) in [6.45, 7) is 6.56. The molecule has 1 aliphatic carbocycles. The molecule has 0 unspecified atom stereocenters. The second-order valence-electron chi connectivity index (χ2n) is 9.50. The molecule has 1 amide bonds. The van der Waals surface area contributed by atoms with Crippen LogP contribution < -0.4 is 4.74 Å². The predicted octanol–water partition coefficient (Wildman–Crippen LogP) is 5.42. The summed E-state index contributed by atoms with van der Waals surface area (Å²) in [6, 6.07) is 10.0. The zero-order chi connectivity index (χ0) is 23.6. The number of pyridine rings is 1. The van der Waals surface area contributed by atoms with Crippen LogP contribution in [0.25, 0.3) is 5.57 Å². The van der Waals surface area contributed by atoms with E-state index in [1.54, 1.807) is 23.1 Å². The standard InChI is InChI=1S/C26H29FN2O4/c1-26(2,3)33-25(31)29-13-11-17(12-14-29)22-5-4-6-23(28-22)32-16-20-10-9-19(15-21(20)27)24(30)18-7-8-18/h4-6,9-11,15,18H,7-8,12-14,16H2,1-3H3. The highest BCUT2D eigenvalue weighted by molar-refractivity contribution is 5.99. The van der Waals surface area contributed by atoms with Gasteiger partial charge in [-0.05, 0) is 57.7 Å². The SMILES string of the molecule is CC(C)(C)OC(=O)N1CC=C(c2cccc(OCc3ccc(C(=O)C4CC4)cc3F)n2)CC1.